The molecule has 11 heteroatoms. The average Bonchev–Trinajstić information content (AvgIpc) is 3.39. The van der Waals surface area contributed by atoms with Gasteiger partial charge in [-0.25, -0.2) is 4.98 Å². The molecule has 0 amide bonds. The van der Waals surface area contributed by atoms with E-state index in [0.29, 0.717) is 23.0 Å². The van der Waals surface area contributed by atoms with Crippen LogP contribution in [0.15, 0.2) is 35.0 Å². The van der Waals surface area contributed by atoms with E-state index in [1.54, 1.807) is 14.0 Å². The maximum absolute atomic E-state index is 11.2. The van der Waals surface area contributed by atoms with Gasteiger partial charge in [0.15, 0.2) is 0 Å². The minimum absolute atomic E-state index is 0.161. The average molecular weight is 397 g/mol. The predicted molar refractivity (Wildman–Crippen MR) is 104 cm³/mol. The number of hydrogen-bond donors (Lipinski definition) is 2. The van der Waals surface area contributed by atoms with Crippen LogP contribution in [0, 0.1) is 10.1 Å². The number of methoxy groups -OCH3 is 1. The van der Waals surface area contributed by atoms with Crippen LogP contribution in [0.4, 0.5) is 17.5 Å². The summed E-state index contributed by atoms with van der Waals surface area (Å²) in [4.78, 5) is 23.4. The first kappa shape index (κ1) is 18.6. The van der Waals surface area contributed by atoms with Crippen LogP contribution in [-0.2, 0) is 0 Å². The summed E-state index contributed by atoms with van der Waals surface area (Å²) < 4.78 is 10.7. The molecule has 0 radical (unpaired) electrons. The molecule has 4 rings (SSSR count). The number of benzene rings is 1. The lowest BCUT2D eigenvalue weighted by atomic mass is 10.2. The van der Waals surface area contributed by atoms with Gasteiger partial charge in [0.2, 0.25) is 23.5 Å². The molecule has 0 aliphatic heterocycles. The van der Waals surface area contributed by atoms with Gasteiger partial charge in [-0.1, -0.05) is 17.3 Å². The fourth-order valence-electron chi connectivity index (χ4n) is 2.71. The lowest BCUT2D eigenvalue weighted by Gasteiger charge is -2.11. The molecule has 1 atom stereocenters. The van der Waals surface area contributed by atoms with Gasteiger partial charge in [-0.2, -0.15) is 9.97 Å². The first-order valence-electron chi connectivity index (χ1n) is 9.06. The second-order valence-electron chi connectivity index (χ2n) is 6.63. The van der Waals surface area contributed by atoms with E-state index in [1.165, 1.54) is 6.20 Å². The lowest BCUT2D eigenvalue weighted by Crippen LogP contribution is -2.13. The second kappa shape index (κ2) is 7.70. The molecule has 1 fully saturated rings. The van der Waals surface area contributed by atoms with Crippen LogP contribution in [-0.4, -0.2) is 38.2 Å². The van der Waals surface area contributed by atoms with Gasteiger partial charge in [0.1, 0.15) is 18.0 Å². The normalized spacial score (nSPS) is 14.3. The number of hydrogen-bond acceptors (Lipinski definition) is 10. The number of nitro groups is 1. The molecule has 1 aliphatic rings. The fourth-order valence-corrected chi connectivity index (χ4v) is 2.71. The lowest BCUT2D eigenvalue weighted by molar-refractivity contribution is -0.384. The first-order chi connectivity index (χ1) is 14.0. The van der Waals surface area contributed by atoms with Gasteiger partial charge in [-0.3, -0.25) is 10.1 Å². The number of anilines is 2. The summed E-state index contributed by atoms with van der Waals surface area (Å²) >= 11 is 0. The van der Waals surface area contributed by atoms with Crippen molar-refractivity contribution in [3.8, 4) is 17.1 Å². The predicted octanol–water partition coefficient (Wildman–Crippen LogP) is 3.19. The number of para-hydroxylation sites is 1. The van der Waals surface area contributed by atoms with E-state index in [-0.39, 0.29) is 23.5 Å². The zero-order chi connectivity index (χ0) is 20.4. The van der Waals surface area contributed by atoms with E-state index in [2.05, 4.69) is 30.7 Å². The molecular formula is C18H19N7O4. The third-order valence-corrected chi connectivity index (χ3v) is 4.39. The van der Waals surface area contributed by atoms with Crippen molar-refractivity contribution < 1.29 is 14.2 Å². The topological polar surface area (TPSA) is 141 Å². The number of nitrogens with one attached hydrogen (secondary N) is 2. The summed E-state index contributed by atoms with van der Waals surface area (Å²) in [5.74, 6) is 1.78. The molecule has 2 heterocycles. The van der Waals surface area contributed by atoms with Crippen LogP contribution < -0.4 is 15.4 Å². The fraction of sp³-hybridized carbons (Fsp3) is 0.333. The third kappa shape index (κ3) is 4.08. The van der Waals surface area contributed by atoms with Crippen molar-refractivity contribution in [3.05, 3.63) is 46.5 Å². The first-order valence-corrected chi connectivity index (χ1v) is 9.06. The van der Waals surface area contributed by atoms with Crippen molar-refractivity contribution in [2.75, 3.05) is 17.7 Å². The van der Waals surface area contributed by atoms with Crippen LogP contribution in [0.25, 0.3) is 11.4 Å². The molecule has 150 valence electrons. The molecule has 1 aliphatic carbocycles. The minimum Gasteiger partial charge on any atom is -0.496 e. The number of nitrogens with zero attached hydrogens (tertiary/aromatic N) is 5. The van der Waals surface area contributed by atoms with Gasteiger partial charge >= 0.3 is 5.69 Å². The quantitative estimate of drug-likeness (QED) is 0.430. The smallest absolute Gasteiger partial charge is 0.329 e. The molecule has 0 saturated heterocycles. The molecule has 29 heavy (non-hydrogen) atoms. The molecule has 3 aromatic rings. The third-order valence-electron chi connectivity index (χ3n) is 4.39. The maximum Gasteiger partial charge on any atom is 0.329 e. The van der Waals surface area contributed by atoms with Crippen LogP contribution in [0.5, 0.6) is 5.75 Å². The van der Waals surface area contributed by atoms with E-state index in [0.717, 1.165) is 12.8 Å². The van der Waals surface area contributed by atoms with Crippen molar-refractivity contribution in [2.45, 2.75) is 31.8 Å². The standard InChI is InChI=1S/C18H19N7O4/c1-10(17-22-15(24-29-17)12-5-3-4-6-14(12)28-2)20-18-19-9-13(25(26)27)16(23-18)21-11-7-8-11/h3-6,9-11H,7-8H2,1-2H3,(H2,19,20,21,23)/t10-/m0/s1. The summed E-state index contributed by atoms with van der Waals surface area (Å²) in [5, 5.41) is 21.3. The summed E-state index contributed by atoms with van der Waals surface area (Å²) in [5.41, 5.74) is 0.547. The Morgan fingerprint density at radius 3 is 2.83 bits per heavy atom. The van der Waals surface area contributed by atoms with Crippen molar-refractivity contribution in [3.63, 3.8) is 0 Å². The second-order valence-corrected chi connectivity index (χ2v) is 6.63. The van der Waals surface area contributed by atoms with Crippen LogP contribution in [0.3, 0.4) is 0 Å². The molecule has 1 aromatic carbocycles. The summed E-state index contributed by atoms with van der Waals surface area (Å²) in [6, 6.07) is 7.16. The van der Waals surface area contributed by atoms with E-state index in [9.17, 15) is 10.1 Å². The highest BCUT2D eigenvalue weighted by Gasteiger charge is 2.27. The van der Waals surface area contributed by atoms with E-state index in [1.807, 2.05) is 24.3 Å². The number of aromatic nitrogens is 4. The Hall–Kier alpha value is -3.76. The minimum atomic E-state index is -0.505. The summed E-state index contributed by atoms with van der Waals surface area (Å²) in [7, 11) is 1.57. The molecule has 2 aromatic heterocycles. The number of ether oxygens (including phenoxy) is 1. The zero-order valence-electron chi connectivity index (χ0n) is 15.8. The van der Waals surface area contributed by atoms with E-state index < -0.39 is 11.0 Å². The highest BCUT2D eigenvalue weighted by molar-refractivity contribution is 5.63. The van der Waals surface area contributed by atoms with Crippen LogP contribution >= 0.6 is 0 Å². The molecule has 1 saturated carbocycles. The van der Waals surface area contributed by atoms with Gasteiger partial charge in [-0.05, 0) is 31.9 Å². The highest BCUT2D eigenvalue weighted by atomic mass is 16.6. The number of rotatable bonds is 8. The molecule has 0 spiro atoms. The highest BCUT2D eigenvalue weighted by Crippen LogP contribution is 2.31. The van der Waals surface area contributed by atoms with Gasteiger partial charge in [0.25, 0.3) is 0 Å². The molecular weight excluding hydrogens is 378 g/mol. The molecule has 0 unspecified atom stereocenters. The van der Waals surface area contributed by atoms with Gasteiger partial charge in [-0.15, -0.1) is 0 Å². The summed E-state index contributed by atoms with van der Waals surface area (Å²) in [6.45, 7) is 1.80. The Bertz CT molecular complexity index is 1030. The van der Waals surface area contributed by atoms with Crippen molar-refractivity contribution in [2.24, 2.45) is 0 Å². The SMILES string of the molecule is COc1ccccc1-c1noc([C@H](C)Nc2ncc([N+](=O)[O-])c(NC3CC3)n2)n1. The van der Waals surface area contributed by atoms with Crippen molar-refractivity contribution in [1.29, 1.82) is 0 Å². The van der Waals surface area contributed by atoms with Gasteiger partial charge in [0, 0.05) is 6.04 Å². The van der Waals surface area contributed by atoms with Gasteiger partial charge in [0.05, 0.1) is 17.6 Å². The molecule has 0 bridgehead atoms. The Balaban J connectivity index is 1.53. The Morgan fingerprint density at radius 2 is 2.10 bits per heavy atom. The molecule has 2 N–H and O–H groups in total. The Labute approximate surface area is 165 Å². The van der Waals surface area contributed by atoms with E-state index in [4.69, 9.17) is 9.26 Å². The van der Waals surface area contributed by atoms with Crippen LogP contribution in [0.2, 0.25) is 0 Å². The van der Waals surface area contributed by atoms with Crippen molar-refractivity contribution >= 4 is 17.5 Å². The van der Waals surface area contributed by atoms with Crippen LogP contribution in [0.1, 0.15) is 31.7 Å². The largest absolute Gasteiger partial charge is 0.496 e. The monoisotopic (exact) mass is 397 g/mol. The van der Waals surface area contributed by atoms with Gasteiger partial charge < -0.3 is 19.9 Å². The maximum atomic E-state index is 11.2. The van der Waals surface area contributed by atoms with E-state index >= 15 is 0 Å². The Kier molecular flexibility index (Phi) is 4.94. The summed E-state index contributed by atoms with van der Waals surface area (Å²) in [6.07, 6.45) is 3.11. The van der Waals surface area contributed by atoms with Crippen molar-refractivity contribution in [1.82, 2.24) is 20.1 Å². The zero-order valence-corrected chi connectivity index (χ0v) is 15.8. The molecule has 11 nitrogen and oxygen atoms in total. The Morgan fingerprint density at radius 1 is 1.31 bits per heavy atom.